The molecule has 3 N–H and O–H groups in total. The lowest BCUT2D eigenvalue weighted by molar-refractivity contribution is 0.0180. The maximum atomic E-state index is 11.7. The molecule has 0 spiro atoms. The molecule has 0 bridgehead atoms. The third-order valence-corrected chi connectivity index (χ3v) is 3.78. The fraction of sp³-hybridized carbons (Fsp3) is 0.316. The van der Waals surface area contributed by atoms with Crippen molar-refractivity contribution in [3.63, 3.8) is 0 Å². The van der Waals surface area contributed by atoms with Crippen molar-refractivity contribution in [3.05, 3.63) is 70.8 Å². The molecule has 2 rings (SSSR count). The van der Waals surface area contributed by atoms with Crippen LogP contribution in [0, 0.1) is 13.8 Å². The number of carbonyl (C=O) groups is 1. The minimum absolute atomic E-state index is 0.0951. The molecule has 0 aliphatic carbocycles. The zero-order chi connectivity index (χ0) is 17.5. The van der Waals surface area contributed by atoms with Crippen LogP contribution >= 0.6 is 0 Å². The maximum Gasteiger partial charge on any atom is 0.407 e. The number of aliphatic hydroxyl groups excluding tert-OH is 2. The smallest absolute Gasteiger partial charge is 0.407 e. The van der Waals surface area contributed by atoms with Crippen LogP contribution in [0.3, 0.4) is 0 Å². The fourth-order valence-electron chi connectivity index (χ4n) is 2.44. The van der Waals surface area contributed by atoms with E-state index in [0.29, 0.717) is 5.56 Å². The molecule has 1 amide bonds. The molecule has 5 nitrogen and oxygen atoms in total. The summed E-state index contributed by atoms with van der Waals surface area (Å²) in [6.45, 7) is 3.90. The Hall–Kier alpha value is -2.37. The molecule has 2 unspecified atom stereocenters. The quantitative estimate of drug-likeness (QED) is 0.761. The van der Waals surface area contributed by atoms with E-state index in [0.717, 1.165) is 16.7 Å². The highest BCUT2D eigenvalue weighted by atomic mass is 16.5. The van der Waals surface area contributed by atoms with E-state index in [1.54, 1.807) is 6.07 Å². The second-order valence-corrected chi connectivity index (χ2v) is 5.81. The van der Waals surface area contributed by atoms with E-state index in [-0.39, 0.29) is 13.2 Å². The molecule has 128 valence electrons. The van der Waals surface area contributed by atoms with Gasteiger partial charge in [0.2, 0.25) is 0 Å². The average molecular weight is 329 g/mol. The Labute approximate surface area is 141 Å². The number of hydrogen-bond donors (Lipinski definition) is 3. The first-order chi connectivity index (χ1) is 11.5. The number of hydrogen-bond acceptors (Lipinski definition) is 4. The Balaban J connectivity index is 1.81. The number of alkyl carbamates (subject to hydrolysis) is 1. The van der Waals surface area contributed by atoms with E-state index in [1.165, 1.54) is 0 Å². The predicted molar refractivity (Wildman–Crippen MR) is 91.5 cm³/mol. The number of carbonyl (C=O) groups excluding carboxylic acids is 1. The highest BCUT2D eigenvalue weighted by Crippen LogP contribution is 2.21. The number of rotatable bonds is 6. The average Bonchev–Trinajstić information content (AvgIpc) is 2.58. The molecule has 0 saturated carbocycles. The van der Waals surface area contributed by atoms with E-state index in [9.17, 15) is 15.0 Å². The van der Waals surface area contributed by atoms with Crippen molar-refractivity contribution < 1.29 is 19.7 Å². The summed E-state index contributed by atoms with van der Waals surface area (Å²) in [5.74, 6) is 0. The van der Waals surface area contributed by atoms with Crippen molar-refractivity contribution in [3.8, 4) is 0 Å². The van der Waals surface area contributed by atoms with E-state index in [2.05, 4.69) is 5.32 Å². The molecule has 0 heterocycles. The number of aliphatic hydroxyl groups is 2. The van der Waals surface area contributed by atoms with Crippen molar-refractivity contribution in [2.24, 2.45) is 0 Å². The largest absolute Gasteiger partial charge is 0.445 e. The molecule has 0 aliphatic heterocycles. The molecular formula is C19H23NO4. The first-order valence-electron chi connectivity index (χ1n) is 7.85. The standard InChI is InChI=1S/C19H23NO4/c1-13-8-9-16(14(2)10-13)18(22)17(21)11-20-19(23)24-12-15-6-4-3-5-7-15/h3-10,17-18,21-22H,11-12H2,1-2H3,(H,20,23). The second-order valence-electron chi connectivity index (χ2n) is 5.81. The SMILES string of the molecule is Cc1ccc(C(O)C(O)CNC(=O)OCc2ccccc2)c(C)c1. The fourth-order valence-corrected chi connectivity index (χ4v) is 2.44. The zero-order valence-electron chi connectivity index (χ0n) is 13.9. The lowest BCUT2D eigenvalue weighted by Gasteiger charge is -2.20. The Morgan fingerprint density at radius 3 is 2.50 bits per heavy atom. The maximum absolute atomic E-state index is 11.7. The van der Waals surface area contributed by atoms with Crippen molar-refractivity contribution in [1.29, 1.82) is 0 Å². The molecule has 0 saturated heterocycles. The summed E-state index contributed by atoms with van der Waals surface area (Å²) in [4.78, 5) is 11.7. The van der Waals surface area contributed by atoms with Crippen LogP contribution in [0.2, 0.25) is 0 Å². The van der Waals surface area contributed by atoms with E-state index >= 15 is 0 Å². The van der Waals surface area contributed by atoms with Crippen molar-refractivity contribution in [2.75, 3.05) is 6.54 Å². The Morgan fingerprint density at radius 1 is 1.12 bits per heavy atom. The van der Waals surface area contributed by atoms with Crippen LogP contribution in [-0.2, 0) is 11.3 Å². The monoisotopic (exact) mass is 329 g/mol. The van der Waals surface area contributed by atoms with Gasteiger partial charge in [-0.1, -0.05) is 54.1 Å². The van der Waals surface area contributed by atoms with Gasteiger partial charge in [0, 0.05) is 6.54 Å². The minimum Gasteiger partial charge on any atom is -0.445 e. The van der Waals surface area contributed by atoms with Crippen LogP contribution in [0.25, 0.3) is 0 Å². The van der Waals surface area contributed by atoms with Crippen molar-refractivity contribution in [2.45, 2.75) is 32.7 Å². The number of ether oxygens (including phenoxy) is 1. The molecule has 0 aromatic heterocycles. The molecule has 5 heteroatoms. The van der Waals surface area contributed by atoms with Crippen molar-refractivity contribution >= 4 is 6.09 Å². The van der Waals surface area contributed by atoms with Crippen LogP contribution in [0.5, 0.6) is 0 Å². The summed E-state index contributed by atoms with van der Waals surface area (Å²) < 4.78 is 5.06. The summed E-state index contributed by atoms with van der Waals surface area (Å²) in [5, 5.41) is 22.8. The van der Waals surface area contributed by atoms with Crippen LogP contribution in [0.15, 0.2) is 48.5 Å². The minimum atomic E-state index is -1.12. The van der Waals surface area contributed by atoms with Crippen molar-refractivity contribution in [1.82, 2.24) is 5.32 Å². The number of benzene rings is 2. The van der Waals surface area contributed by atoms with Gasteiger partial charge in [-0.2, -0.15) is 0 Å². The molecule has 0 aliphatic rings. The van der Waals surface area contributed by atoms with Crippen LogP contribution in [0.4, 0.5) is 4.79 Å². The Kier molecular flexibility index (Phi) is 6.35. The number of aryl methyl sites for hydroxylation is 2. The molecule has 24 heavy (non-hydrogen) atoms. The summed E-state index contributed by atoms with van der Waals surface area (Å²) >= 11 is 0. The molecule has 2 atom stereocenters. The zero-order valence-corrected chi connectivity index (χ0v) is 13.9. The summed E-state index contributed by atoms with van der Waals surface area (Å²) in [7, 11) is 0. The second kappa shape index (κ2) is 8.47. The summed E-state index contributed by atoms with van der Waals surface area (Å²) in [6.07, 6.45) is -2.82. The number of nitrogens with one attached hydrogen (secondary N) is 1. The van der Waals surface area contributed by atoms with Crippen LogP contribution in [0.1, 0.15) is 28.4 Å². The highest BCUT2D eigenvalue weighted by Gasteiger charge is 2.20. The van der Waals surface area contributed by atoms with Gasteiger partial charge in [-0.05, 0) is 30.5 Å². The van der Waals surface area contributed by atoms with Gasteiger partial charge < -0.3 is 20.3 Å². The Bertz CT molecular complexity index is 672. The third-order valence-electron chi connectivity index (χ3n) is 3.78. The first kappa shape index (κ1) is 18.0. The number of amides is 1. The van der Waals surface area contributed by atoms with Gasteiger partial charge in [0.05, 0.1) is 0 Å². The lowest BCUT2D eigenvalue weighted by atomic mass is 9.98. The van der Waals surface area contributed by atoms with Gasteiger partial charge in [-0.25, -0.2) is 4.79 Å². The van der Waals surface area contributed by atoms with Crippen LogP contribution in [-0.4, -0.2) is 29.0 Å². The molecule has 0 fully saturated rings. The van der Waals surface area contributed by atoms with Crippen LogP contribution < -0.4 is 5.32 Å². The predicted octanol–water partition coefficient (Wildman–Crippen LogP) is 2.62. The molecule has 0 radical (unpaired) electrons. The van der Waals surface area contributed by atoms with Gasteiger partial charge in [-0.3, -0.25) is 0 Å². The lowest BCUT2D eigenvalue weighted by Crippen LogP contribution is -2.36. The van der Waals surface area contributed by atoms with Gasteiger partial charge in [0.25, 0.3) is 0 Å². The van der Waals surface area contributed by atoms with Gasteiger partial charge >= 0.3 is 6.09 Å². The first-order valence-corrected chi connectivity index (χ1v) is 7.85. The van der Waals surface area contributed by atoms with Gasteiger partial charge in [0.1, 0.15) is 18.8 Å². The highest BCUT2D eigenvalue weighted by molar-refractivity contribution is 5.67. The summed E-state index contributed by atoms with van der Waals surface area (Å²) in [6, 6.07) is 14.9. The van der Waals surface area contributed by atoms with E-state index in [4.69, 9.17) is 4.74 Å². The van der Waals surface area contributed by atoms with Gasteiger partial charge in [-0.15, -0.1) is 0 Å². The normalized spacial score (nSPS) is 13.2. The van der Waals surface area contributed by atoms with E-state index < -0.39 is 18.3 Å². The Morgan fingerprint density at radius 2 is 1.83 bits per heavy atom. The molecular weight excluding hydrogens is 306 g/mol. The topological polar surface area (TPSA) is 78.8 Å². The van der Waals surface area contributed by atoms with Gasteiger partial charge in [0.15, 0.2) is 0 Å². The third kappa shape index (κ3) is 5.08. The molecule has 2 aromatic rings. The van der Waals surface area contributed by atoms with E-state index in [1.807, 2.05) is 56.3 Å². The summed E-state index contributed by atoms with van der Waals surface area (Å²) in [5.41, 5.74) is 3.50. The molecule has 2 aromatic carbocycles.